The Morgan fingerprint density at radius 1 is 1.22 bits per heavy atom. The highest BCUT2D eigenvalue weighted by molar-refractivity contribution is 8.00. The van der Waals surface area contributed by atoms with Gasteiger partial charge in [-0.15, -0.1) is 11.3 Å². The molecule has 2 aromatic heterocycles. The van der Waals surface area contributed by atoms with Gasteiger partial charge in [0.2, 0.25) is 5.91 Å². The van der Waals surface area contributed by atoms with Gasteiger partial charge in [0.15, 0.2) is 0 Å². The first kappa shape index (κ1) is 26.2. The SMILES string of the molecule is CC(C)[C@@H](Sc1nc2c(c(-c3cccs3)c1C#N)CCCCC2)C(=O)NC[C@@H](N)c1ccccc1O. The number of para-hydroxylation sites is 1. The third kappa shape index (κ3) is 5.75. The molecule has 4 N–H and O–H groups in total. The van der Waals surface area contributed by atoms with E-state index in [9.17, 15) is 15.2 Å². The van der Waals surface area contributed by atoms with Crippen LogP contribution in [0.1, 0.15) is 61.5 Å². The Balaban J connectivity index is 1.62. The summed E-state index contributed by atoms with van der Waals surface area (Å²) in [5, 5.41) is 25.5. The second-order valence-electron chi connectivity index (χ2n) is 9.43. The molecule has 3 aromatic rings. The van der Waals surface area contributed by atoms with Crippen LogP contribution in [-0.4, -0.2) is 27.8 Å². The second kappa shape index (κ2) is 11.9. The Morgan fingerprint density at radius 2 is 2.00 bits per heavy atom. The van der Waals surface area contributed by atoms with Crippen molar-refractivity contribution in [1.29, 1.82) is 5.26 Å². The Labute approximate surface area is 221 Å². The molecule has 0 unspecified atom stereocenters. The zero-order valence-electron chi connectivity index (χ0n) is 20.7. The van der Waals surface area contributed by atoms with E-state index >= 15 is 0 Å². The second-order valence-corrected chi connectivity index (χ2v) is 11.5. The number of phenolic OH excluding ortho intramolecular Hbond substituents is 1. The van der Waals surface area contributed by atoms with Crippen LogP contribution in [0.25, 0.3) is 10.4 Å². The highest BCUT2D eigenvalue weighted by atomic mass is 32.2. The number of rotatable bonds is 8. The minimum absolute atomic E-state index is 0.00805. The van der Waals surface area contributed by atoms with Crippen LogP contribution in [-0.2, 0) is 17.6 Å². The molecule has 6 nitrogen and oxygen atoms in total. The molecule has 0 spiro atoms. The summed E-state index contributed by atoms with van der Waals surface area (Å²) in [4.78, 5) is 19.4. The molecule has 0 bridgehead atoms. The lowest BCUT2D eigenvalue weighted by Crippen LogP contribution is -2.39. The number of nitrogens with zero attached hydrogens (tertiary/aromatic N) is 2. The lowest BCUT2D eigenvalue weighted by Gasteiger charge is -2.23. The molecular weight excluding hydrogens is 488 g/mol. The number of aryl methyl sites for hydroxylation is 1. The Kier molecular flexibility index (Phi) is 8.68. The molecule has 0 radical (unpaired) electrons. The van der Waals surface area contributed by atoms with Gasteiger partial charge >= 0.3 is 0 Å². The fourth-order valence-corrected chi connectivity index (χ4v) is 6.55. The molecule has 4 rings (SSSR count). The monoisotopic (exact) mass is 520 g/mol. The Hall–Kier alpha value is -2.86. The lowest BCUT2D eigenvalue weighted by molar-refractivity contribution is -0.121. The van der Waals surface area contributed by atoms with Crippen LogP contribution in [0.4, 0.5) is 0 Å². The number of amides is 1. The molecule has 1 amide bonds. The average molecular weight is 521 g/mol. The molecule has 1 aromatic carbocycles. The van der Waals surface area contributed by atoms with Crippen LogP contribution in [0.2, 0.25) is 0 Å². The van der Waals surface area contributed by atoms with Gasteiger partial charge in [-0.1, -0.05) is 56.3 Å². The number of benzene rings is 1. The topological polar surface area (TPSA) is 112 Å². The third-order valence-electron chi connectivity index (χ3n) is 6.51. The van der Waals surface area contributed by atoms with Gasteiger partial charge in [-0.25, -0.2) is 4.98 Å². The molecule has 0 fully saturated rings. The van der Waals surface area contributed by atoms with Gasteiger partial charge in [-0.3, -0.25) is 4.79 Å². The van der Waals surface area contributed by atoms with E-state index in [1.165, 1.54) is 17.3 Å². The normalized spacial score (nSPS) is 15.0. The molecule has 2 atom stereocenters. The van der Waals surface area contributed by atoms with Gasteiger partial charge < -0.3 is 16.2 Å². The molecule has 0 saturated carbocycles. The molecule has 0 aliphatic heterocycles. The quantitative estimate of drug-likeness (QED) is 0.264. The van der Waals surface area contributed by atoms with Gasteiger partial charge in [0.1, 0.15) is 16.8 Å². The van der Waals surface area contributed by atoms with Crippen LogP contribution >= 0.6 is 23.1 Å². The summed E-state index contributed by atoms with van der Waals surface area (Å²) in [6.45, 7) is 4.19. The minimum Gasteiger partial charge on any atom is -0.508 e. The van der Waals surface area contributed by atoms with Gasteiger partial charge in [0.25, 0.3) is 0 Å². The van der Waals surface area contributed by atoms with Crippen LogP contribution in [0, 0.1) is 17.2 Å². The number of nitriles is 1. The van der Waals surface area contributed by atoms with Crippen LogP contribution in [0.5, 0.6) is 5.75 Å². The zero-order valence-corrected chi connectivity index (χ0v) is 22.3. The molecule has 1 aliphatic carbocycles. The number of aromatic nitrogens is 1. The van der Waals surface area contributed by atoms with E-state index in [1.807, 2.05) is 31.4 Å². The number of hydrogen-bond acceptors (Lipinski definition) is 7. The summed E-state index contributed by atoms with van der Waals surface area (Å²) in [7, 11) is 0. The van der Waals surface area contributed by atoms with Crippen molar-refractivity contribution in [3.63, 3.8) is 0 Å². The fraction of sp³-hybridized carbons (Fsp3) is 0.393. The summed E-state index contributed by atoms with van der Waals surface area (Å²) in [5.74, 6) is -0.0316. The van der Waals surface area contributed by atoms with Crippen LogP contribution < -0.4 is 11.1 Å². The van der Waals surface area contributed by atoms with E-state index < -0.39 is 11.3 Å². The van der Waals surface area contributed by atoms with E-state index in [2.05, 4.69) is 17.5 Å². The fourth-order valence-electron chi connectivity index (χ4n) is 4.61. The molecule has 0 saturated heterocycles. The molecule has 36 heavy (non-hydrogen) atoms. The van der Waals surface area contributed by atoms with Crippen molar-refractivity contribution < 1.29 is 9.90 Å². The number of phenols is 1. The maximum atomic E-state index is 13.3. The highest BCUT2D eigenvalue weighted by Crippen LogP contribution is 2.41. The number of thiophene rings is 1. The summed E-state index contributed by atoms with van der Waals surface area (Å²) < 4.78 is 0. The van der Waals surface area contributed by atoms with Crippen molar-refractivity contribution in [3.05, 3.63) is 64.2 Å². The number of carbonyl (C=O) groups is 1. The van der Waals surface area contributed by atoms with Gasteiger partial charge in [0, 0.05) is 28.2 Å². The first-order chi connectivity index (χ1) is 17.4. The van der Waals surface area contributed by atoms with Gasteiger partial charge in [0.05, 0.1) is 16.9 Å². The zero-order chi connectivity index (χ0) is 25.7. The Morgan fingerprint density at radius 3 is 2.69 bits per heavy atom. The summed E-state index contributed by atoms with van der Waals surface area (Å²) >= 11 is 3.00. The molecule has 1 aliphatic rings. The summed E-state index contributed by atoms with van der Waals surface area (Å²) in [6.07, 6.45) is 5.14. The minimum atomic E-state index is -0.529. The third-order valence-corrected chi connectivity index (χ3v) is 8.92. The van der Waals surface area contributed by atoms with E-state index in [4.69, 9.17) is 10.7 Å². The van der Waals surface area contributed by atoms with Crippen LogP contribution in [0.3, 0.4) is 0 Å². The number of hydrogen-bond donors (Lipinski definition) is 3. The largest absolute Gasteiger partial charge is 0.508 e. The number of pyridine rings is 1. The predicted molar refractivity (Wildman–Crippen MR) is 146 cm³/mol. The lowest BCUT2D eigenvalue weighted by atomic mass is 9.97. The number of thioether (sulfide) groups is 1. The maximum absolute atomic E-state index is 13.3. The molecule has 2 heterocycles. The van der Waals surface area contributed by atoms with Crippen molar-refractivity contribution in [1.82, 2.24) is 10.3 Å². The Bertz CT molecular complexity index is 1250. The van der Waals surface area contributed by atoms with Gasteiger partial charge in [-0.05, 0) is 54.7 Å². The highest BCUT2D eigenvalue weighted by Gasteiger charge is 2.29. The van der Waals surface area contributed by atoms with Crippen molar-refractivity contribution in [2.45, 2.75) is 62.3 Å². The van der Waals surface area contributed by atoms with Crippen molar-refractivity contribution in [2.75, 3.05) is 6.54 Å². The number of carbonyl (C=O) groups excluding carboxylic acids is 1. The first-order valence-electron chi connectivity index (χ1n) is 12.4. The predicted octanol–water partition coefficient (Wildman–Crippen LogP) is 5.59. The van der Waals surface area contributed by atoms with Crippen LogP contribution in [0.15, 0.2) is 46.8 Å². The summed E-state index contributed by atoms with van der Waals surface area (Å²) in [6, 6.07) is 12.9. The molecule has 8 heteroatoms. The standard InChI is InChI=1S/C28H32N4O2S2/c1-17(2)26(27(34)31-16-21(30)18-9-6-7-12-23(18)33)36-28-20(15-29)25(24-13-8-14-35-24)19-10-4-3-5-11-22(19)32-28/h6-9,12-14,17,21,26,33H,3-5,10-11,16,30H2,1-2H3,(H,31,34)/t21-,26-/m1/s1. The average Bonchev–Trinajstić information content (AvgIpc) is 3.30. The van der Waals surface area contributed by atoms with E-state index in [0.29, 0.717) is 16.2 Å². The number of fused-ring (bicyclic) bond motifs is 1. The molecular formula is C28H32N4O2S2. The molecule has 188 valence electrons. The summed E-state index contributed by atoms with van der Waals surface area (Å²) in [5.41, 5.74) is 10.6. The first-order valence-corrected chi connectivity index (χ1v) is 14.1. The smallest absolute Gasteiger partial charge is 0.233 e. The van der Waals surface area contributed by atoms with Crippen molar-refractivity contribution in [2.24, 2.45) is 11.7 Å². The van der Waals surface area contributed by atoms with Crippen molar-refractivity contribution in [3.8, 4) is 22.3 Å². The van der Waals surface area contributed by atoms with E-state index in [-0.39, 0.29) is 24.1 Å². The van der Waals surface area contributed by atoms with Gasteiger partial charge in [-0.2, -0.15) is 5.26 Å². The number of nitrogens with two attached hydrogens (primary N) is 1. The number of nitrogens with one attached hydrogen (secondary N) is 1. The van der Waals surface area contributed by atoms with E-state index in [1.54, 1.807) is 29.5 Å². The van der Waals surface area contributed by atoms with E-state index in [0.717, 1.165) is 48.2 Å². The van der Waals surface area contributed by atoms with Crippen molar-refractivity contribution >= 4 is 29.0 Å². The maximum Gasteiger partial charge on any atom is 0.233 e. The number of aromatic hydroxyl groups is 1.